The highest BCUT2D eigenvalue weighted by Crippen LogP contribution is 2.62. The maximum atomic E-state index is 12.5. The van der Waals surface area contributed by atoms with E-state index < -0.39 is 11.9 Å². The average molecular weight is 546 g/mol. The fraction of sp³-hybridized carbons (Fsp3) is 0.387. The standard InChI is InChI=1S/C17H19NO3.C14H12O3S/c1-18-7-6-17-10-3-5-13(20)16(17)21-15-12(19)4-2-9(14(15)17)8-11(10)18;1-9(14(16)17)10-4-6-11(7-5-10)13(15)12-3-2-8-18-12/h2,4,10-11,16,19H,3,5-8H2,1H3;2-9H,1H3,(H,16,17)/t10-,11+,16-,17-;/m0./s1. The number of piperidine rings is 1. The Morgan fingerprint density at radius 1 is 1.15 bits per heavy atom. The van der Waals surface area contributed by atoms with Gasteiger partial charge >= 0.3 is 5.97 Å². The van der Waals surface area contributed by atoms with E-state index in [1.165, 1.54) is 16.9 Å². The molecule has 202 valence electrons. The second-order valence-corrected chi connectivity index (χ2v) is 12.0. The predicted octanol–water partition coefficient (Wildman–Crippen LogP) is 4.80. The molecule has 2 N–H and O–H groups in total. The van der Waals surface area contributed by atoms with Gasteiger partial charge in [0.1, 0.15) is 0 Å². The van der Waals surface area contributed by atoms with E-state index in [-0.39, 0.29) is 28.8 Å². The van der Waals surface area contributed by atoms with Crippen molar-refractivity contribution in [3.63, 3.8) is 0 Å². The van der Waals surface area contributed by atoms with Crippen LogP contribution in [-0.2, 0) is 21.4 Å². The van der Waals surface area contributed by atoms with Crippen LogP contribution in [0.4, 0.5) is 0 Å². The van der Waals surface area contributed by atoms with Crippen LogP contribution in [0.15, 0.2) is 53.9 Å². The summed E-state index contributed by atoms with van der Waals surface area (Å²) in [6.45, 7) is 2.63. The maximum Gasteiger partial charge on any atom is 0.310 e. The third-order valence-electron chi connectivity index (χ3n) is 9.17. The number of aliphatic carboxylic acids is 1. The Kier molecular flexibility index (Phi) is 6.35. The van der Waals surface area contributed by atoms with Crippen LogP contribution >= 0.6 is 11.3 Å². The SMILES string of the molecule is CC(C(=O)O)c1ccc(C(=O)c2cccs2)cc1.CN1CC[C@]23c4c5ccc(O)c4O[C@H]2C(=O)CC[C@H]3[C@H]1C5. The molecule has 39 heavy (non-hydrogen) atoms. The summed E-state index contributed by atoms with van der Waals surface area (Å²) < 4.78 is 6.04. The summed E-state index contributed by atoms with van der Waals surface area (Å²) in [5.74, 6) is 0.0393. The molecule has 2 aliphatic heterocycles. The zero-order chi connectivity index (χ0) is 27.5. The van der Waals surface area contributed by atoms with Crippen LogP contribution in [0.3, 0.4) is 0 Å². The number of carbonyl (C=O) groups excluding carboxylic acids is 2. The minimum absolute atomic E-state index is 0.0282. The summed E-state index contributed by atoms with van der Waals surface area (Å²) in [5.41, 5.74) is 3.54. The second kappa shape index (κ2) is 9.61. The maximum absolute atomic E-state index is 12.5. The molecule has 0 amide bonds. The number of ketones is 2. The molecular weight excluding hydrogens is 514 g/mol. The van der Waals surface area contributed by atoms with Crippen molar-refractivity contribution in [3.05, 3.63) is 81.0 Å². The average Bonchev–Trinajstić information content (AvgIpc) is 3.60. The molecule has 8 heteroatoms. The normalized spacial score (nSPS) is 27.0. The predicted molar refractivity (Wildman–Crippen MR) is 147 cm³/mol. The van der Waals surface area contributed by atoms with Crippen LogP contribution in [0.5, 0.6) is 11.5 Å². The Morgan fingerprint density at radius 3 is 2.62 bits per heavy atom. The monoisotopic (exact) mass is 545 g/mol. The number of thiophene rings is 1. The number of carboxylic acid groups (broad SMARTS) is 1. The van der Waals surface area contributed by atoms with E-state index in [4.69, 9.17) is 9.84 Å². The third-order valence-corrected chi connectivity index (χ3v) is 10.0. The number of carboxylic acids is 1. The number of hydrogen-bond donors (Lipinski definition) is 2. The van der Waals surface area contributed by atoms with E-state index in [2.05, 4.69) is 11.9 Å². The van der Waals surface area contributed by atoms with Crippen molar-refractivity contribution in [2.75, 3.05) is 13.6 Å². The van der Waals surface area contributed by atoms with Gasteiger partial charge in [0.2, 0.25) is 5.78 Å². The fourth-order valence-corrected chi connectivity index (χ4v) is 7.82. The van der Waals surface area contributed by atoms with Gasteiger partial charge in [-0.1, -0.05) is 36.4 Å². The number of aromatic hydroxyl groups is 1. The molecule has 1 saturated heterocycles. The van der Waals surface area contributed by atoms with Gasteiger partial charge in [0.25, 0.3) is 0 Å². The van der Waals surface area contributed by atoms with Crippen molar-refractivity contribution in [2.45, 2.75) is 56.1 Å². The largest absolute Gasteiger partial charge is 0.504 e. The van der Waals surface area contributed by atoms with Gasteiger partial charge in [-0.05, 0) is 74.3 Å². The molecule has 1 unspecified atom stereocenters. The van der Waals surface area contributed by atoms with Crippen LogP contribution in [-0.4, -0.2) is 58.4 Å². The number of likely N-dealkylation sites (N-methyl/N-ethyl adjacent to an activating group) is 1. The van der Waals surface area contributed by atoms with Gasteiger partial charge in [-0.25, -0.2) is 0 Å². The first kappa shape index (κ1) is 25.8. The number of hydrogen-bond acceptors (Lipinski definition) is 7. The lowest BCUT2D eigenvalue weighted by molar-refractivity contribution is -0.139. The number of likely N-dealkylation sites (tertiary alicyclic amines) is 1. The fourth-order valence-electron chi connectivity index (χ4n) is 7.14. The first-order chi connectivity index (χ1) is 18.7. The summed E-state index contributed by atoms with van der Waals surface area (Å²) in [7, 11) is 2.20. The zero-order valence-electron chi connectivity index (χ0n) is 21.9. The smallest absolute Gasteiger partial charge is 0.310 e. The van der Waals surface area contributed by atoms with Crippen molar-refractivity contribution in [2.24, 2.45) is 5.92 Å². The molecular formula is C31H31NO6S. The number of rotatable bonds is 4. The van der Waals surface area contributed by atoms with Gasteiger partial charge < -0.3 is 19.8 Å². The number of nitrogens with zero attached hydrogens (tertiary/aromatic N) is 1. The summed E-state index contributed by atoms with van der Waals surface area (Å²) in [6.07, 6.45) is 3.18. The molecule has 1 saturated carbocycles. The molecule has 3 aromatic rings. The molecule has 4 aliphatic rings. The minimum Gasteiger partial charge on any atom is -0.504 e. The molecule has 2 fully saturated rings. The topological polar surface area (TPSA) is 104 Å². The summed E-state index contributed by atoms with van der Waals surface area (Å²) in [4.78, 5) is 38.5. The van der Waals surface area contributed by atoms with E-state index in [9.17, 15) is 19.5 Å². The summed E-state index contributed by atoms with van der Waals surface area (Å²) in [6, 6.07) is 14.6. The molecule has 0 radical (unpaired) electrons. The molecule has 7 rings (SSSR count). The minimum atomic E-state index is -0.868. The van der Waals surface area contributed by atoms with Crippen LogP contribution < -0.4 is 4.74 Å². The number of ether oxygens (including phenoxy) is 1. The van der Waals surface area contributed by atoms with Crippen molar-refractivity contribution in [1.29, 1.82) is 0 Å². The van der Waals surface area contributed by atoms with Crippen LogP contribution in [0.2, 0.25) is 0 Å². The highest BCUT2D eigenvalue weighted by Gasteiger charge is 2.65. The Balaban J connectivity index is 0.000000144. The Hall–Kier alpha value is -3.49. The van der Waals surface area contributed by atoms with Crippen LogP contribution in [0.25, 0.3) is 0 Å². The highest BCUT2D eigenvalue weighted by atomic mass is 32.1. The molecule has 2 aromatic carbocycles. The second-order valence-electron chi connectivity index (χ2n) is 11.1. The number of Topliss-reactive ketones (excluding diaryl/α,β-unsaturated/α-hetero) is 1. The first-order valence-electron chi connectivity index (χ1n) is 13.4. The van der Waals surface area contributed by atoms with Crippen LogP contribution in [0.1, 0.15) is 64.0 Å². The quantitative estimate of drug-likeness (QED) is 0.454. The molecule has 1 spiro atoms. The van der Waals surface area contributed by atoms with E-state index >= 15 is 0 Å². The third kappa shape index (κ3) is 4.00. The van der Waals surface area contributed by atoms with E-state index in [0.29, 0.717) is 40.1 Å². The number of phenolic OH excluding ortho intramolecular Hbond substituents is 1. The van der Waals surface area contributed by atoms with Crippen LogP contribution in [0, 0.1) is 5.92 Å². The zero-order valence-corrected chi connectivity index (χ0v) is 22.7. The van der Waals surface area contributed by atoms with Crippen molar-refractivity contribution < 1.29 is 29.3 Å². The Morgan fingerprint density at radius 2 is 1.92 bits per heavy atom. The van der Waals surface area contributed by atoms with E-state index in [1.54, 1.807) is 43.3 Å². The van der Waals surface area contributed by atoms with Gasteiger partial charge in [0, 0.05) is 29.0 Å². The van der Waals surface area contributed by atoms with Gasteiger partial charge in [-0.2, -0.15) is 0 Å². The summed E-state index contributed by atoms with van der Waals surface area (Å²) >= 11 is 1.40. The van der Waals surface area contributed by atoms with Gasteiger partial charge in [-0.3, -0.25) is 14.4 Å². The Bertz CT molecular complexity index is 1450. The first-order valence-corrected chi connectivity index (χ1v) is 14.3. The molecule has 7 nitrogen and oxygen atoms in total. The lowest BCUT2D eigenvalue weighted by Gasteiger charge is -2.57. The number of benzene rings is 2. The van der Waals surface area contributed by atoms with E-state index in [0.717, 1.165) is 31.4 Å². The molecule has 5 atom stereocenters. The summed E-state index contributed by atoms with van der Waals surface area (Å²) in [5, 5.41) is 21.0. The number of carbonyl (C=O) groups is 3. The molecule has 2 aliphatic carbocycles. The van der Waals surface area contributed by atoms with Gasteiger partial charge in [0.05, 0.1) is 10.8 Å². The van der Waals surface area contributed by atoms with E-state index in [1.807, 2.05) is 17.5 Å². The molecule has 2 bridgehead atoms. The lowest BCUT2D eigenvalue weighted by Crippen LogP contribution is -2.65. The lowest BCUT2D eigenvalue weighted by atomic mass is 9.52. The molecule has 1 aromatic heterocycles. The molecule has 3 heterocycles. The van der Waals surface area contributed by atoms with Gasteiger partial charge in [-0.15, -0.1) is 11.3 Å². The Labute approximate surface area is 231 Å². The van der Waals surface area contributed by atoms with Crippen molar-refractivity contribution >= 4 is 28.9 Å². The van der Waals surface area contributed by atoms with Crippen molar-refractivity contribution in [3.8, 4) is 11.5 Å². The van der Waals surface area contributed by atoms with Crippen molar-refractivity contribution in [1.82, 2.24) is 4.90 Å². The highest BCUT2D eigenvalue weighted by molar-refractivity contribution is 7.12. The number of phenols is 1. The van der Waals surface area contributed by atoms with Gasteiger partial charge in [0.15, 0.2) is 23.4 Å².